The minimum atomic E-state index is -1.01. The lowest BCUT2D eigenvalue weighted by Gasteiger charge is -2.22. The number of hydrogen-bond acceptors (Lipinski definition) is 4. The van der Waals surface area contributed by atoms with Crippen molar-refractivity contribution in [1.82, 2.24) is 10.6 Å². The molecule has 1 atom stereocenters. The lowest BCUT2D eigenvalue weighted by Crippen LogP contribution is -2.45. The molecular formula is C13H27N3O4. The highest BCUT2D eigenvalue weighted by Gasteiger charge is 2.17. The van der Waals surface area contributed by atoms with E-state index >= 15 is 0 Å². The fourth-order valence-corrected chi connectivity index (χ4v) is 1.38. The fraction of sp³-hybridized carbons (Fsp3) is 0.846. The summed E-state index contributed by atoms with van der Waals surface area (Å²) in [6, 6.07) is -0.664. The number of unbranched alkanes of at least 4 members (excludes halogenated alkanes) is 2. The second-order valence-electron chi connectivity index (χ2n) is 5.61. The SMILES string of the molecule is CC(C)(C)OC[C@H](N)C(=O)NCCCCCNC(=O)O. The predicted octanol–water partition coefficient (Wildman–Crippen LogP) is 0.683. The third-order valence-electron chi connectivity index (χ3n) is 2.46. The van der Waals surface area contributed by atoms with E-state index < -0.39 is 12.1 Å². The Morgan fingerprint density at radius 1 is 1.15 bits per heavy atom. The zero-order chi connectivity index (χ0) is 15.6. The van der Waals surface area contributed by atoms with Crippen LogP contribution in [0.25, 0.3) is 0 Å². The van der Waals surface area contributed by atoms with Gasteiger partial charge in [-0.2, -0.15) is 0 Å². The van der Waals surface area contributed by atoms with Crippen molar-refractivity contribution in [2.45, 2.75) is 51.7 Å². The molecule has 0 fully saturated rings. The van der Waals surface area contributed by atoms with E-state index in [4.69, 9.17) is 15.6 Å². The van der Waals surface area contributed by atoms with Gasteiger partial charge in [-0.05, 0) is 40.0 Å². The van der Waals surface area contributed by atoms with E-state index in [2.05, 4.69) is 10.6 Å². The third kappa shape index (κ3) is 11.7. The van der Waals surface area contributed by atoms with Crippen LogP contribution in [0.5, 0.6) is 0 Å². The number of carboxylic acid groups (broad SMARTS) is 1. The summed E-state index contributed by atoms with van der Waals surface area (Å²) in [7, 11) is 0. The minimum absolute atomic E-state index is 0.192. The van der Waals surface area contributed by atoms with Gasteiger partial charge in [-0.25, -0.2) is 4.79 Å². The Balaban J connectivity index is 3.55. The molecule has 118 valence electrons. The Morgan fingerprint density at radius 3 is 2.20 bits per heavy atom. The number of nitrogens with one attached hydrogen (secondary N) is 2. The number of rotatable bonds is 9. The van der Waals surface area contributed by atoms with Crippen LogP contribution in [0.4, 0.5) is 4.79 Å². The monoisotopic (exact) mass is 289 g/mol. The van der Waals surface area contributed by atoms with Crippen molar-refractivity contribution in [2.75, 3.05) is 19.7 Å². The molecule has 0 aliphatic rings. The van der Waals surface area contributed by atoms with Crippen LogP contribution in [0, 0.1) is 0 Å². The van der Waals surface area contributed by atoms with Crippen LogP contribution in [-0.2, 0) is 9.53 Å². The largest absolute Gasteiger partial charge is 0.465 e. The van der Waals surface area contributed by atoms with Crippen molar-refractivity contribution >= 4 is 12.0 Å². The van der Waals surface area contributed by atoms with E-state index in [1.54, 1.807) is 0 Å². The van der Waals surface area contributed by atoms with Gasteiger partial charge in [0, 0.05) is 13.1 Å². The highest BCUT2D eigenvalue weighted by Crippen LogP contribution is 2.06. The zero-order valence-electron chi connectivity index (χ0n) is 12.6. The molecule has 20 heavy (non-hydrogen) atoms. The molecule has 5 N–H and O–H groups in total. The third-order valence-corrected chi connectivity index (χ3v) is 2.46. The summed E-state index contributed by atoms with van der Waals surface area (Å²) in [5.41, 5.74) is 5.40. The van der Waals surface area contributed by atoms with Crippen LogP contribution in [0.2, 0.25) is 0 Å². The van der Waals surface area contributed by atoms with Gasteiger partial charge in [-0.1, -0.05) is 0 Å². The van der Waals surface area contributed by atoms with Crippen molar-refractivity contribution in [3.63, 3.8) is 0 Å². The molecule has 0 rings (SSSR count). The summed E-state index contributed by atoms with van der Waals surface area (Å²) in [6.45, 7) is 6.88. The zero-order valence-corrected chi connectivity index (χ0v) is 12.6. The first-order chi connectivity index (χ1) is 9.22. The summed E-state index contributed by atoms with van der Waals surface area (Å²) in [4.78, 5) is 21.8. The molecule has 0 saturated heterocycles. The Hall–Kier alpha value is -1.34. The molecule has 0 radical (unpaired) electrons. The molecule has 0 aromatic rings. The molecular weight excluding hydrogens is 262 g/mol. The van der Waals surface area contributed by atoms with Crippen molar-refractivity contribution < 1.29 is 19.4 Å². The molecule has 7 heteroatoms. The van der Waals surface area contributed by atoms with Gasteiger partial charge in [0.2, 0.25) is 5.91 Å². The maximum absolute atomic E-state index is 11.6. The van der Waals surface area contributed by atoms with Gasteiger partial charge in [0.15, 0.2) is 0 Å². The highest BCUT2D eigenvalue weighted by atomic mass is 16.5. The topological polar surface area (TPSA) is 114 Å². The fourth-order valence-electron chi connectivity index (χ4n) is 1.38. The lowest BCUT2D eigenvalue weighted by molar-refractivity contribution is -0.125. The van der Waals surface area contributed by atoms with Crippen molar-refractivity contribution in [3.05, 3.63) is 0 Å². The number of carbonyl (C=O) groups excluding carboxylic acids is 1. The molecule has 0 saturated carbocycles. The standard InChI is InChI=1S/C13H27N3O4/c1-13(2,3)20-9-10(14)11(17)15-7-5-4-6-8-16-12(18)19/h10,16H,4-9,14H2,1-3H3,(H,15,17)(H,18,19)/t10-/m0/s1. The smallest absolute Gasteiger partial charge is 0.404 e. The lowest BCUT2D eigenvalue weighted by atomic mass is 10.2. The molecule has 0 unspecified atom stereocenters. The van der Waals surface area contributed by atoms with E-state index in [0.717, 1.165) is 19.3 Å². The summed E-state index contributed by atoms with van der Waals surface area (Å²) < 4.78 is 5.44. The number of ether oxygens (including phenoxy) is 1. The minimum Gasteiger partial charge on any atom is -0.465 e. The average molecular weight is 289 g/mol. The summed E-state index contributed by atoms with van der Waals surface area (Å²) in [5, 5.41) is 13.4. The Morgan fingerprint density at radius 2 is 1.70 bits per heavy atom. The second kappa shape index (κ2) is 9.55. The highest BCUT2D eigenvalue weighted by molar-refractivity contribution is 5.81. The number of amides is 2. The normalized spacial score (nSPS) is 12.8. The first-order valence-electron chi connectivity index (χ1n) is 6.86. The van der Waals surface area contributed by atoms with Crippen LogP contribution >= 0.6 is 0 Å². The van der Waals surface area contributed by atoms with Gasteiger partial charge in [-0.15, -0.1) is 0 Å². The number of carbonyl (C=O) groups is 2. The molecule has 2 amide bonds. The van der Waals surface area contributed by atoms with Crippen molar-refractivity contribution in [3.8, 4) is 0 Å². The summed E-state index contributed by atoms with van der Waals surface area (Å²) >= 11 is 0. The number of hydrogen-bond donors (Lipinski definition) is 4. The van der Waals surface area contributed by atoms with Crippen LogP contribution in [-0.4, -0.2) is 48.4 Å². The number of nitrogens with two attached hydrogens (primary N) is 1. The van der Waals surface area contributed by atoms with E-state index in [1.807, 2.05) is 20.8 Å². The Kier molecular flexibility index (Phi) is 8.91. The van der Waals surface area contributed by atoms with E-state index in [-0.39, 0.29) is 18.1 Å². The van der Waals surface area contributed by atoms with Gasteiger partial charge in [-0.3, -0.25) is 4.79 Å². The average Bonchev–Trinajstić information content (AvgIpc) is 2.33. The Labute approximate surface area is 120 Å². The van der Waals surface area contributed by atoms with Gasteiger partial charge < -0.3 is 26.2 Å². The molecule has 0 aliphatic carbocycles. The molecule has 0 aromatic carbocycles. The first-order valence-corrected chi connectivity index (χ1v) is 6.86. The summed E-state index contributed by atoms with van der Waals surface area (Å²) in [6.07, 6.45) is 1.37. The molecule has 7 nitrogen and oxygen atoms in total. The maximum Gasteiger partial charge on any atom is 0.404 e. The van der Waals surface area contributed by atoms with Crippen LogP contribution in [0.3, 0.4) is 0 Å². The molecule has 0 heterocycles. The van der Waals surface area contributed by atoms with Gasteiger partial charge >= 0.3 is 6.09 Å². The van der Waals surface area contributed by atoms with Gasteiger partial charge in [0.1, 0.15) is 6.04 Å². The predicted molar refractivity (Wildman–Crippen MR) is 76.6 cm³/mol. The molecule has 0 spiro atoms. The molecule has 0 aromatic heterocycles. The quantitative estimate of drug-likeness (QED) is 0.466. The van der Waals surface area contributed by atoms with Crippen LogP contribution in [0.1, 0.15) is 40.0 Å². The molecule has 0 bridgehead atoms. The van der Waals surface area contributed by atoms with E-state index in [1.165, 1.54) is 0 Å². The van der Waals surface area contributed by atoms with E-state index in [0.29, 0.717) is 13.1 Å². The van der Waals surface area contributed by atoms with Crippen molar-refractivity contribution in [1.29, 1.82) is 0 Å². The second-order valence-corrected chi connectivity index (χ2v) is 5.61. The maximum atomic E-state index is 11.6. The summed E-state index contributed by atoms with van der Waals surface area (Å²) in [5.74, 6) is -0.224. The van der Waals surface area contributed by atoms with E-state index in [9.17, 15) is 9.59 Å². The van der Waals surface area contributed by atoms with Crippen LogP contribution < -0.4 is 16.4 Å². The van der Waals surface area contributed by atoms with Gasteiger partial charge in [0.05, 0.1) is 12.2 Å². The first kappa shape index (κ1) is 18.7. The van der Waals surface area contributed by atoms with Crippen molar-refractivity contribution in [2.24, 2.45) is 5.73 Å². The van der Waals surface area contributed by atoms with Crippen LogP contribution in [0.15, 0.2) is 0 Å². The van der Waals surface area contributed by atoms with Gasteiger partial charge in [0.25, 0.3) is 0 Å². The Bertz CT molecular complexity index is 302. The molecule has 0 aliphatic heterocycles.